The van der Waals surface area contributed by atoms with E-state index in [1.165, 1.54) is 11.1 Å². The Morgan fingerprint density at radius 2 is 1.92 bits per heavy atom. The zero-order valence-corrected chi connectivity index (χ0v) is 14.8. The molecule has 4 nitrogen and oxygen atoms in total. The molecule has 1 unspecified atom stereocenters. The van der Waals surface area contributed by atoms with E-state index < -0.39 is 0 Å². The normalized spacial score (nSPS) is 16.7. The molecule has 1 fully saturated rings. The van der Waals surface area contributed by atoms with Crippen LogP contribution in [-0.2, 0) is 6.42 Å². The van der Waals surface area contributed by atoms with E-state index in [0.29, 0.717) is 6.54 Å². The van der Waals surface area contributed by atoms with E-state index in [4.69, 9.17) is 4.74 Å². The summed E-state index contributed by atoms with van der Waals surface area (Å²) in [5, 5.41) is 3.08. The van der Waals surface area contributed by atoms with Crippen LogP contribution in [0.5, 0.6) is 5.75 Å². The fourth-order valence-corrected chi connectivity index (χ4v) is 3.42. The predicted molar refractivity (Wildman–Crippen MR) is 99.8 cm³/mol. The molecule has 1 saturated heterocycles. The Kier molecular flexibility index (Phi) is 5.94. The highest BCUT2D eigenvalue weighted by Crippen LogP contribution is 2.32. The summed E-state index contributed by atoms with van der Waals surface area (Å²) >= 11 is 0. The van der Waals surface area contributed by atoms with Crippen LogP contribution in [0.25, 0.3) is 0 Å². The van der Waals surface area contributed by atoms with E-state index in [9.17, 15) is 4.79 Å². The molecule has 2 aromatic rings. The molecule has 3 rings (SSSR count). The van der Waals surface area contributed by atoms with Gasteiger partial charge in [0.1, 0.15) is 5.75 Å². The standard InChI is InChI=1S/C21H26N2O2/c1-25-19-13-11-18(12-14-19)20-10-6-16-23(20)21(24)22-15-5-9-17-7-3-2-4-8-17/h2-4,7-8,11-14,20H,5-6,9-10,15-16H2,1H3,(H,22,24). The molecule has 0 radical (unpaired) electrons. The summed E-state index contributed by atoms with van der Waals surface area (Å²) < 4.78 is 5.22. The van der Waals surface area contributed by atoms with Gasteiger partial charge in [0.05, 0.1) is 13.2 Å². The summed E-state index contributed by atoms with van der Waals surface area (Å²) in [5.41, 5.74) is 2.49. The molecule has 1 aliphatic rings. The van der Waals surface area contributed by atoms with Gasteiger partial charge in [-0.3, -0.25) is 0 Å². The second-order valence-electron chi connectivity index (χ2n) is 6.45. The minimum Gasteiger partial charge on any atom is -0.497 e. The van der Waals surface area contributed by atoms with Crippen molar-refractivity contribution in [3.8, 4) is 5.75 Å². The number of amides is 2. The average Bonchev–Trinajstić information content (AvgIpc) is 3.16. The maximum absolute atomic E-state index is 12.6. The van der Waals surface area contributed by atoms with Crippen molar-refractivity contribution in [1.82, 2.24) is 10.2 Å². The molecule has 132 valence electrons. The van der Waals surface area contributed by atoms with Crippen LogP contribution in [0.4, 0.5) is 4.79 Å². The number of ether oxygens (including phenoxy) is 1. The number of nitrogens with one attached hydrogen (secondary N) is 1. The van der Waals surface area contributed by atoms with Crippen LogP contribution in [0.15, 0.2) is 54.6 Å². The highest BCUT2D eigenvalue weighted by molar-refractivity contribution is 5.75. The lowest BCUT2D eigenvalue weighted by atomic mass is 10.0. The maximum Gasteiger partial charge on any atom is 0.317 e. The minimum absolute atomic E-state index is 0.0476. The number of hydrogen-bond donors (Lipinski definition) is 1. The summed E-state index contributed by atoms with van der Waals surface area (Å²) in [7, 11) is 1.67. The van der Waals surface area contributed by atoms with Gasteiger partial charge in [-0.2, -0.15) is 0 Å². The van der Waals surface area contributed by atoms with Gasteiger partial charge in [-0.25, -0.2) is 4.79 Å². The third-order valence-corrected chi connectivity index (χ3v) is 4.78. The lowest BCUT2D eigenvalue weighted by Gasteiger charge is -2.25. The molecular weight excluding hydrogens is 312 g/mol. The van der Waals surface area contributed by atoms with Gasteiger partial charge in [-0.15, -0.1) is 0 Å². The lowest BCUT2D eigenvalue weighted by molar-refractivity contribution is 0.193. The Bertz CT molecular complexity index is 670. The molecule has 25 heavy (non-hydrogen) atoms. The van der Waals surface area contributed by atoms with Gasteiger partial charge >= 0.3 is 6.03 Å². The van der Waals surface area contributed by atoms with Gasteiger partial charge in [0.25, 0.3) is 0 Å². The highest BCUT2D eigenvalue weighted by Gasteiger charge is 2.29. The fourth-order valence-electron chi connectivity index (χ4n) is 3.42. The zero-order chi connectivity index (χ0) is 17.5. The van der Waals surface area contributed by atoms with Gasteiger partial charge < -0.3 is 15.0 Å². The number of urea groups is 1. The van der Waals surface area contributed by atoms with E-state index in [1.54, 1.807) is 7.11 Å². The molecule has 0 aliphatic carbocycles. The second kappa shape index (κ2) is 8.56. The highest BCUT2D eigenvalue weighted by atomic mass is 16.5. The van der Waals surface area contributed by atoms with Crippen LogP contribution >= 0.6 is 0 Å². The first-order valence-electron chi connectivity index (χ1n) is 9.00. The molecule has 2 amide bonds. The number of likely N-dealkylation sites (tertiary alicyclic amines) is 1. The van der Waals surface area contributed by atoms with Gasteiger partial charge in [-0.1, -0.05) is 42.5 Å². The number of aryl methyl sites for hydroxylation is 1. The molecule has 1 N–H and O–H groups in total. The number of hydrogen-bond acceptors (Lipinski definition) is 2. The summed E-state index contributed by atoms with van der Waals surface area (Å²) in [4.78, 5) is 14.5. The van der Waals surface area contributed by atoms with Crippen molar-refractivity contribution in [2.45, 2.75) is 31.7 Å². The molecule has 1 heterocycles. The SMILES string of the molecule is COc1ccc(C2CCCN2C(=O)NCCCc2ccccc2)cc1. The smallest absolute Gasteiger partial charge is 0.317 e. The van der Waals surface area contributed by atoms with Crippen molar-refractivity contribution in [2.24, 2.45) is 0 Å². The third kappa shape index (κ3) is 4.53. The Morgan fingerprint density at radius 3 is 2.64 bits per heavy atom. The van der Waals surface area contributed by atoms with Crippen LogP contribution < -0.4 is 10.1 Å². The second-order valence-corrected chi connectivity index (χ2v) is 6.45. The largest absolute Gasteiger partial charge is 0.497 e. The van der Waals surface area contributed by atoms with E-state index in [1.807, 2.05) is 23.1 Å². The molecule has 1 atom stereocenters. The molecule has 2 aromatic carbocycles. The summed E-state index contributed by atoms with van der Waals surface area (Å²) in [5.74, 6) is 0.846. The van der Waals surface area contributed by atoms with Crippen molar-refractivity contribution < 1.29 is 9.53 Å². The van der Waals surface area contributed by atoms with E-state index >= 15 is 0 Å². The summed E-state index contributed by atoms with van der Waals surface area (Å²) in [6, 6.07) is 18.6. The minimum atomic E-state index is 0.0476. The van der Waals surface area contributed by atoms with Gasteiger partial charge in [0.15, 0.2) is 0 Å². The molecular formula is C21H26N2O2. The van der Waals surface area contributed by atoms with Crippen LogP contribution in [0, 0.1) is 0 Å². The first kappa shape index (κ1) is 17.3. The number of carbonyl (C=O) groups is 1. The van der Waals surface area contributed by atoms with Crippen LogP contribution in [0.2, 0.25) is 0 Å². The van der Waals surface area contributed by atoms with Crippen molar-refractivity contribution in [3.05, 3.63) is 65.7 Å². The summed E-state index contributed by atoms with van der Waals surface area (Å²) in [6.07, 6.45) is 4.01. The molecule has 1 aliphatic heterocycles. The van der Waals surface area contributed by atoms with Crippen molar-refractivity contribution in [3.63, 3.8) is 0 Å². The van der Waals surface area contributed by atoms with Crippen molar-refractivity contribution in [1.29, 1.82) is 0 Å². The van der Waals surface area contributed by atoms with Gasteiger partial charge in [-0.05, 0) is 48.9 Å². The average molecular weight is 338 g/mol. The lowest BCUT2D eigenvalue weighted by Crippen LogP contribution is -2.39. The maximum atomic E-state index is 12.6. The number of benzene rings is 2. The molecule has 0 spiro atoms. The molecule has 0 saturated carbocycles. The Hall–Kier alpha value is -2.49. The monoisotopic (exact) mass is 338 g/mol. The van der Waals surface area contributed by atoms with Crippen LogP contribution in [0.3, 0.4) is 0 Å². The third-order valence-electron chi connectivity index (χ3n) is 4.78. The van der Waals surface area contributed by atoms with Crippen molar-refractivity contribution >= 4 is 6.03 Å². The fraction of sp³-hybridized carbons (Fsp3) is 0.381. The Balaban J connectivity index is 1.50. The van der Waals surface area contributed by atoms with E-state index in [-0.39, 0.29) is 12.1 Å². The zero-order valence-electron chi connectivity index (χ0n) is 14.8. The number of rotatable bonds is 6. The quantitative estimate of drug-likeness (QED) is 0.803. The van der Waals surface area contributed by atoms with Crippen molar-refractivity contribution in [2.75, 3.05) is 20.2 Å². The molecule has 0 bridgehead atoms. The number of methoxy groups -OCH3 is 1. The molecule has 0 aromatic heterocycles. The van der Waals surface area contributed by atoms with E-state index in [2.05, 4.69) is 41.7 Å². The van der Waals surface area contributed by atoms with Gasteiger partial charge in [0.2, 0.25) is 0 Å². The van der Waals surface area contributed by atoms with Crippen LogP contribution in [-0.4, -0.2) is 31.1 Å². The topological polar surface area (TPSA) is 41.6 Å². The Labute approximate surface area is 149 Å². The van der Waals surface area contributed by atoms with Gasteiger partial charge in [0, 0.05) is 13.1 Å². The predicted octanol–water partition coefficient (Wildman–Crippen LogP) is 4.17. The molecule has 4 heteroatoms. The first-order chi connectivity index (χ1) is 12.3. The van der Waals surface area contributed by atoms with Crippen LogP contribution in [0.1, 0.15) is 36.4 Å². The number of nitrogens with zero attached hydrogens (tertiary/aromatic N) is 1. The Morgan fingerprint density at radius 1 is 1.16 bits per heavy atom. The summed E-state index contributed by atoms with van der Waals surface area (Å²) in [6.45, 7) is 1.53. The first-order valence-corrected chi connectivity index (χ1v) is 9.00. The number of carbonyl (C=O) groups excluding carboxylic acids is 1. The van der Waals surface area contributed by atoms with E-state index in [0.717, 1.165) is 38.0 Å².